The summed E-state index contributed by atoms with van der Waals surface area (Å²) in [5.41, 5.74) is 12.4. The van der Waals surface area contributed by atoms with Crippen molar-refractivity contribution in [3.05, 3.63) is 23.5 Å². The zero-order valence-corrected chi connectivity index (χ0v) is 10.3. The average molecular weight is 239 g/mol. The predicted octanol–water partition coefficient (Wildman–Crippen LogP) is 1.42. The Kier molecular flexibility index (Phi) is 3.93. The first kappa shape index (κ1) is 13.3. The molecule has 0 radical (unpaired) electrons. The summed E-state index contributed by atoms with van der Waals surface area (Å²) in [5.74, 6) is -0.797. The lowest BCUT2D eigenvalue weighted by molar-refractivity contribution is -0.116. The van der Waals surface area contributed by atoms with Crippen LogP contribution in [0.5, 0.6) is 0 Å². The summed E-state index contributed by atoms with van der Waals surface area (Å²) in [6.07, 6.45) is 0. The summed E-state index contributed by atoms with van der Waals surface area (Å²) < 4.78 is 13.3. The molecule has 17 heavy (non-hydrogen) atoms. The van der Waals surface area contributed by atoms with E-state index < -0.39 is 5.91 Å². The van der Waals surface area contributed by atoms with Gasteiger partial charge in [-0.05, 0) is 38.5 Å². The quantitative estimate of drug-likeness (QED) is 0.780. The maximum Gasteiger partial charge on any atom is 0.236 e. The normalized spacial score (nSPS) is 10.6. The smallest absolute Gasteiger partial charge is 0.236 e. The van der Waals surface area contributed by atoms with Crippen LogP contribution >= 0.6 is 0 Å². The van der Waals surface area contributed by atoms with Crippen LogP contribution in [0.15, 0.2) is 12.1 Å². The van der Waals surface area contributed by atoms with Gasteiger partial charge in [0.25, 0.3) is 0 Å². The van der Waals surface area contributed by atoms with Gasteiger partial charge in [-0.2, -0.15) is 0 Å². The molecule has 1 amide bonds. The molecule has 0 atom stereocenters. The Balaban J connectivity index is 3.18. The van der Waals surface area contributed by atoms with E-state index in [1.54, 1.807) is 17.9 Å². The van der Waals surface area contributed by atoms with E-state index >= 15 is 0 Å². The van der Waals surface area contributed by atoms with Gasteiger partial charge >= 0.3 is 0 Å². The van der Waals surface area contributed by atoms with Crippen molar-refractivity contribution in [3.63, 3.8) is 0 Å². The minimum absolute atomic E-state index is 0.0506. The average Bonchev–Trinajstić information content (AvgIpc) is 2.20. The molecular weight excluding hydrogens is 221 g/mol. The summed E-state index contributed by atoms with van der Waals surface area (Å²) in [6, 6.07) is 2.95. The summed E-state index contributed by atoms with van der Waals surface area (Å²) >= 11 is 0. The van der Waals surface area contributed by atoms with Crippen LogP contribution in [-0.4, -0.2) is 18.5 Å². The van der Waals surface area contributed by atoms with Gasteiger partial charge in [0.05, 0.1) is 17.9 Å². The zero-order valence-electron chi connectivity index (χ0n) is 10.3. The van der Waals surface area contributed by atoms with Crippen molar-refractivity contribution in [3.8, 4) is 0 Å². The molecule has 0 aliphatic carbocycles. The number of rotatable bonds is 4. The third-order valence-corrected chi connectivity index (χ3v) is 2.57. The second kappa shape index (κ2) is 5.03. The van der Waals surface area contributed by atoms with Crippen LogP contribution in [-0.2, 0) is 4.79 Å². The number of carbonyl (C=O) groups is 1. The van der Waals surface area contributed by atoms with Crippen molar-refractivity contribution in [2.45, 2.75) is 26.8 Å². The second-order valence-electron chi connectivity index (χ2n) is 4.35. The highest BCUT2D eigenvalue weighted by Crippen LogP contribution is 2.27. The number of carbonyl (C=O) groups excluding carboxylic acids is 1. The molecule has 0 aliphatic heterocycles. The van der Waals surface area contributed by atoms with Gasteiger partial charge in [0, 0.05) is 6.04 Å². The molecule has 0 unspecified atom stereocenters. The van der Waals surface area contributed by atoms with Crippen molar-refractivity contribution >= 4 is 17.3 Å². The van der Waals surface area contributed by atoms with Crippen molar-refractivity contribution in [1.29, 1.82) is 0 Å². The van der Waals surface area contributed by atoms with Crippen LogP contribution in [0.4, 0.5) is 15.8 Å². The van der Waals surface area contributed by atoms with Crippen LogP contribution in [0.2, 0.25) is 0 Å². The fourth-order valence-corrected chi connectivity index (χ4v) is 1.64. The molecule has 0 bridgehead atoms. The molecule has 0 heterocycles. The number of nitrogens with zero attached hydrogens (tertiary/aromatic N) is 1. The minimum Gasteiger partial charge on any atom is -0.397 e. The topological polar surface area (TPSA) is 72.3 Å². The third kappa shape index (κ3) is 3.09. The maximum atomic E-state index is 13.3. The van der Waals surface area contributed by atoms with Crippen LogP contribution in [0.1, 0.15) is 19.4 Å². The molecule has 0 spiro atoms. The first-order valence-corrected chi connectivity index (χ1v) is 5.43. The number of primary amides is 1. The Hall–Kier alpha value is -1.78. The van der Waals surface area contributed by atoms with Gasteiger partial charge < -0.3 is 16.4 Å². The van der Waals surface area contributed by atoms with E-state index in [2.05, 4.69) is 0 Å². The van der Waals surface area contributed by atoms with Crippen LogP contribution in [0.3, 0.4) is 0 Å². The van der Waals surface area contributed by atoms with E-state index in [1.807, 2.05) is 13.8 Å². The highest BCUT2D eigenvalue weighted by atomic mass is 19.1. The van der Waals surface area contributed by atoms with E-state index in [0.717, 1.165) is 0 Å². The number of hydrogen-bond donors (Lipinski definition) is 2. The van der Waals surface area contributed by atoms with Crippen LogP contribution in [0.25, 0.3) is 0 Å². The highest BCUT2D eigenvalue weighted by Gasteiger charge is 2.17. The van der Waals surface area contributed by atoms with E-state index in [9.17, 15) is 9.18 Å². The van der Waals surface area contributed by atoms with E-state index in [0.29, 0.717) is 16.9 Å². The number of aryl methyl sites for hydroxylation is 1. The van der Waals surface area contributed by atoms with Gasteiger partial charge in [0.2, 0.25) is 5.91 Å². The summed E-state index contributed by atoms with van der Waals surface area (Å²) in [6.45, 7) is 5.55. The molecule has 5 heteroatoms. The Morgan fingerprint density at radius 3 is 2.53 bits per heavy atom. The zero-order chi connectivity index (χ0) is 13.2. The van der Waals surface area contributed by atoms with Gasteiger partial charge in [-0.25, -0.2) is 4.39 Å². The number of nitrogens with two attached hydrogens (primary N) is 2. The molecule has 1 rings (SSSR count). The molecule has 4 N–H and O–H groups in total. The van der Waals surface area contributed by atoms with Gasteiger partial charge in [-0.1, -0.05) is 0 Å². The molecule has 0 aromatic heterocycles. The number of nitrogen functional groups attached to an aromatic ring is 1. The minimum atomic E-state index is -0.444. The molecular formula is C12H18FN3O. The van der Waals surface area contributed by atoms with E-state index in [-0.39, 0.29) is 18.4 Å². The monoisotopic (exact) mass is 239 g/mol. The maximum absolute atomic E-state index is 13.3. The Labute approximate surface area is 100 Å². The fourth-order valence-electron chi connectivity index (χ4n) is 1.64. The first-order chi connectivity index (χ1) is 7.82. The lowest BCUT2D eigenvalue weighted by Gasteiger charge is -2.29. The number of halogens is 1. The third-order valence-electron chi connectivity index (χ3n) is 2.57. The Morgan fingerprint density at radius 2 is 2.06 bits per heavy atom. The van der Waals surface area contributed by atoms with Crippen LogP contribution < -0.4 is 16.4 Å². The molecule has 0 fully saturated rings. The SMILES string of the molecule is Cc1cc(N(CC(N)=O)C(C)C)c(N)cc1F. The second-order valence-corrected chi connectivity index (χ2v) is 4.35. The van der Waals surface area contributed by atoms with Gasteiger partial charge in [0.1, 0.15) is 5.82 Å². The fraction of sp³-hybridized carbons (Fsp3) is 0.417. The van der Waals surface area contributed by atoms with E-state index in [1.165, 1.54) is 6.07 Å². The molecule has 0 saturated carbocycles. The summed E-state index contributed by atoms with van der Waals surface area (Å²) in [4.78, 5) is 12.8. The molecule has 1 aromatic carbocycles. The molecule has 0 saturated heterocycles. The van der Waals surface area contributed by atoms with Crippen LogP contribution in [0, 0.1) is 12.7 Å². The molecule has 1 aromatic rings. The molecule has 94 valence electrons. The Bertz CT molecular complexity index is 432. The predicted molar refractivity (Wildman–Crippen MR) is 67.2 cm³/mol. The lowest BCUT2D eigenvalue weighted by atomic mass is 10.1. The number of benzene rings is 1. The molecule has 0 aliphatic rings. The standard InChI is InChI=1S/C12H18FN3O/c1-7(2)16(6-12(15)17)11-4-8(3)9(13)5-10(11)14/h4-5,7H,6,14H2,1-3H3,(H2,15,17). The highest BCUT2D eigenvalue weighted by molar-refractivity contribution is 5.82. The number of anilines is 2. The van der Waals surface area contributed by atoms with Crippen molar-refractivity contribution in [1.82, 2.24) is 0 Å². The summed E-state index contributed by atoms with van der Waals surface area (Å²) in [7, 11) is 0. The number of amides is 1. The van der Waals surface area contributed by atoms with Gasteiger partial charge in [0.15, 0.2) is 0 Å². The lowest BCUT2D eigenvalue weighted by Crippen LogP contribution is -2.39. The van der Waals surface area contributed by atoms with Gasteiger partial charge in [-0.15, -0.1) is 0 Å². The first-order valence-electron chi connectivity index (χ1n) is 5.43. The van der Waals surface area contributed by atoms with Crippen molar-refractivity contribution in [2.75, 3.05) is 17.2 Å². The Morgan fingerprint density at radius 1 is 1.47 bits per heavy atom. The molecule has 4 nitrogen and oxygen atoms in total. The largest absolute Gasteiger partial charge is 0.397 e. The number of hydrogen-bond acceptors (Lipinski definition) is 3. The van der Waals surface area contributed by atoms with Gasteiger partial charge in [-0.3, -0.25) is 4.79 Å². The van der Waals surface area contributed by atoms with E-state index in [4.69, 9.17) is 11.5 Å². The summed E-state index contributed by atoms with van der Waals surface area (Å²) in [5, 5.41) is 0. The van der Waals surface area contributed by atoms with Crippen molar-refractivity contribution in [2.24, 2.45) is 5.73 Å². The van der Waals surface area contributed by atoms with Crippen molar-refractivity contribution < 1.29 is 9.18 Å².